The topological polar surface area (TPSA) is 79.0 Å². The van der Waals surface area contributed by atoms with E-state index in [0.29, 0.717) is 19.2 Å². The normalized spacial score (nSPS) is 24.3. The van der Waals surface area contributed by atoms with Crippen LogP contribution in [0.2, 0.25) is 0 Å². The minimum absolute atomic E-state index is 0. The van der Waals surface area contributed by atoms with Crippen molar-refractivity contribution >= 4 is 28.3 Å². The van der Waals surface area contributed by atoms with Gasteiger partial charge in [-0.05, 0) is 19.1 Å². The summed E-state index contributed by atoms with van der Waals surface area (Å²) in [4.78, 5) is 13.6. The molecule has 1 amide bonds. The predicted octanol–water partition coefficient (Wildman–Crippen LogP) is 0.596. The molecule has 27 heavy (non-hydrogen) atoms. The number of nitrogens with one attached hydrogen (secondary N) is 1. The summed E-state index contributed by atoms with van der Waals surface area (Å²) < 4.78 is 58.6. The third kappa shape index (κ3) is 4.57. The number of piperazine rings is 1. The first-order valence-corrected chi connectivity index (χ1v) is 9.83. The van der Waals surface area contributed by atoms with Crippen LogP contribution in [0.5, 0.6) is 0 Å². The van der Waals surface area contributed by atoms with Gasteiger partial charge in [-0.2, -0.15) is 4.31 Å². The molecule has 0 radical (unpaired) electrons. The molecule has 0 unspecified atom stereocenters. The fraction of sp³-hybridized carbons (Fsp3) is 0.562. The van der Waals surface area contributed by atoms with Crippen molar-refractivity contribution in [1.82, 2.24) is 14.5 Å². The third-order valence-corrected chi connectivity index (χ3v) is 6.58. The van der Waals surface area contributed by atoms with Gasteiger partial charge >= 0.3 is 0 Å². The average molecular weight is 426 g/mol. The molecule has 1 aromatic rings. The van der Waals surface area contributed by atoms with Gasteiger partial charge in [0.05, 0.1) is 12.7 Å². The highest BCUT2D eigenvalue weighted by Gasteiger charge is 2.36. The van der Waals surface area contributed by atoms with E-state index in [4.69, 9.17) is 4.74 Å². The summed E-state index contributed by atoms with van der Waals surface area (Å²) in [7, 11) is -4.08. The summed E-state index contributed by atoms with van der Waals surface area (Å²) in [5, 5.41) is 3.11. The second kappa shape index (κ2) is 8.78. The van der Waals surface area contributed by atoms with E-state index in [1.54, 1.807) is 4.90 Å². The van der Waals surface area contributed by atoms with Crippen LogP contribution in [0, 0.1) is 11.6 Å². The number of carbonyl (C=O) groups excluding carboxylic acids is 1. The van der Waals surface area contributed by atoms with Crippen molar-refractivity contribution < 1.29 is 26.7 Å². The Bertz CT molecular complexity index is 788. The van der Waals surface area contributed by atoms with E-state index in [0.717, 1.165) is 16.4 Å². The van der Waals surface area contributed by atoms with Crippen LogP contribution in [0.3, 0.4) is 0 Å². The summed E-state index contributed by atoms with van der Waals surface area (Å²) in [6.45, 7) is 3.43. The Kier molecular flexibility index (Phi) is 7.14. The molecule has 1 N–H and O–H groups in total. The van der Waals surface area contributed by atoms with Crippen molar-refractivity contribution in [3.8, 4) is 0 Å². The SMILES string of the molecule is C[C@H]1OCCN[C@@H]1C(=O)N1CCN(S(=O)(=O)c2ccc(F)cc2F)CC1.Cl. The number of ether oxygens (including phenoxy) is 1. The van der Waals surface area contributed by atoms with Crippen LogP contribution in [0.15, 0.2) is 23.1 Å². The average Bonchev–Trinajstić information content (AvgIpc) is 2.61. The van der Waals surface area contributed by atoms with Crippen molar-refractivity contribution in [3.63, 3.8) is 0 Å². The lowest BCUT2D eigenvalue weighted by Gasteiger charge is -2.38. The summed E-state index contributed by atoms with van der Waals surface area (Å²) in [6, 6.07) is 1.92. The Morgan fingerprint density at radius 1 is 1.22 bits per heavy atom. The minimum Gasteiger partial charge on any atom is -0.375 e. The van der Waals surface area contributed by atoms with Crippen molar-refractivity contribution in [1.29, 1.82) is 0 Å². The van der Waals surface area contributed by atoms with E-state index in [1.165, 1.54) is 0 Å². The van der Waals surface area contributed by atoms with Gasteiger partial charge in [0, 0.05) is 38.8 Å². The Labute approximate surface area is 163 Å². The number of sulfonamides is 1. The van der Waals surface area contributed by atoms with Crippen molar-refractivity contribution in [2.75, 3.05) is 39.3 Å². The minimum atomic E-state index is -4.08. The molecule has 2 aliphatic rings. The lowest BCUT2D eigenvalue weighted by molar-refractivity contribution is -0.140. The van der Waals surface area contributed by atoms with E-state index in [9.17, 15) is 22.0 Å². The standard InChI is InChI=1S/C16H21F2N3O4S.ClH/c1-11-15(19-4-9-25-11)16(22)20-5-7-21(8-6-20)26(23,24)14-3-2-12(17)10-13(14)18;/h2-3,10-11,15,19H,4-9H2,1H3;1H/t11-,15+;/m1./s1. The first kappa shape index (κ1) is 22.0. The number of hydrogen-bond acceptors (Lipinski definition) is 5. The van der Waals surface area contributed by atoms with Gasteiger partial charge in [0.2, 0.25) is 15.9 Å². The van der Waals surface area contributed by atoms with Crippen LogP contribution in [-0.2, 0) is 19.6 Å². The number of morpholine rings is 1. The summed E-state index contributed by atoms with van der Waals surface area (Å²) in [5.74, 6) is -2.10. The van der Waals surface area contributed by atoms with Crippen LogP contribution in [0.4, 0.5) is 8.78 Å². The van der Waals surface area contributed by atoms with Gasteiger partial charge in [-0.1, -0.05) is 0 Å². The zero-order chi connectivity index (χ0) is 18.9. The summed E-state index contributed by atoms with van der Waals surface area (Å²) in [5.41, 5.74) is 0. The van der Waals surface area contributed by atoms with Crippen molar-refractivity contribution in [2.24, 2.45) is 0 Å². The van der Waals surface area contributed by atoms with Gasteiger partial charge in [0.15, 0.2) is 0 Å². The van der Waals surface area contributed by atoms with E-state index in [-0.39, 0.29) is 50.6 Å². The maximum Gasteiger partial charge on any atom is 0.246 e. The Morgan fingerprint density at radius 2 is 1.89 bits per heavy atom. The predicted molar refractivity (Wildman–Crippen MR) is 96.1 cm³/mol. The van der Waals surface area contributed by atoms with Crippen LogP contribution in [0.25, 0.3) is 0 Å². The second-order valence-corrected chi connectivity index (χ2v) is 8.22. The fourth-order valence-corrected chi connectivity index (χ4v) is 4.65. The zero-order valence-electron chi connectivity index (χ0n) is 14.7. The molecule has 0 aliphatic carbocycles. The van der Waals surface area contributed by atoms with E-state index >= 15 is 0 Å². The first-order chi connectivity index (χ1) is 12.3. The number of amides is 1. The molecule has 2 heterocycles. The highest BCUT2D eigenvalue weighted by atomic mass is 35.5. The first-order valence-electron chi connectivity index (χ1n) is 8.39. The van der Waals surface area contributed by atoms with Gasteiger partial charge in [-0.25, -0.2) is 17.2 Å². The molecule has 152 valence electrons. The van der Waals surface area contributed by atoms with Gasteiger partial charge in [0.25, 0.3) is 0 Å². The monoisotopic (exact) mass is 425 g/mol. The number of hydrogen-bond donors (Lipinski definition) is 1. The molecule has 2 atom stereocenters. The number of rotatable bonds is 3. The molecule has 2 saturated heterocycles. The van der Waals surface area contributed by atoms with Gasteiger partial charge in [0.1, 0.15) is 22.6 Å². The maximum absolute atomic E-state index is 13.9. The van der Waals surface area contributed by atoms with E-state index in [1.807, 2.05) is 6.92 Å². The molecule has 0 spiro atoms. The molecule has 0 saturated carbocycles. The molecular weight excluding hydrogens is 404 g/mol. The Morgan fingerprint density at radius 3 is 2.48 bits per heavy atom. The molecule has 1 aromatic carbocycles. The van der Waals surface area contributed by atoms with Crippen LogP contribution < -0.4 is 5.32 Å². The van der Waals surface area contributed by atoms with Crippen LogP contribution in [0.1, 0.15) is 6.92 Å². The van der Waals surface area contributed by atoms with E-state index < -0.39 is 32.6 Å². The summed E-state index contributed by atoms with van der Waals surface area (Å²) >= 11 is 0. The molecule has 2 aliphatic heterocycles. The zero-order valence-corrected chi connectivity index (χ0v) is 16.4. The fourth-order valence-electron chi connectivity index (χ4n) is 3.18. The molecule has 3 rings (SSSR count). The Balaban J connectivity index is 0.00000261. The molecule has 0 bridgehead atoms. The second-order valence-electron chi connectivity index (χ2n) is 6.31. The van der Waals surface area contributed by atoms with Gasteiger partial charge < -0.3 is 15.0 Å². The number of nitrogens with zero attached hydrogens (tertiary/aromatic N) is 2. The molecular formula is C16H22ClF2N3O4S. The molecule has 11 heteroatoms. The van der Waals surface area contributed by atoms with Crippen LogP contribution in [-0.4, -0.2) is 75.0 Å². The van der Waals surface area contributed by atoms with Gasteiger partial charge in [-0.3, -0.25) is 4.79 Å². The maximum atomic E-state index is 13.9. The number of carbonyl (C=O) groups is 1. The molecule has 0 aromatic heterocycles. The highest BCUT2D eigenvalue weighted by molar-refractivity contribution is 7.89. The van der Waals surface area contributed by atoms with Crippen LogP contribution >= 0.6 is 12.4 Å². The lowest BCUT2D eigenvalue weighted by atomic mass is 10.1. The van der Waals surface area contributed by atoms with Crippen molar-refractivity contribution in [2.45, 2.75) is 24.0 Å². The smallest absolute Gasteiger partial charge is 0.246 e. The van der Waals surface area contributed by atoms with Gasteiger partial charge in [-0.15, -0.1) is 12.4 Å². The highest BCUT2D eigenvalue weighted by Crippen LogP contribution is 2.22. The summed E-state index contributed by atoms with van der Waals surface area (Å²) in [6.07, 6.45) is -0.258. The van der Waals surface area contributed by atoms with E-state index in [2.05, 4.69) is 5.32 Å². The largest absolute Gasteiger partial charge is 0.375 e. The number of benzene rings is 1. The molecule has 2 fully saturated rings. The number of halogens is 3. The van der Waals surface area contributed by atoms with Crippen molar-refractivity contribution in [3.05, 3.63) is 29.8 Å². The Hall–Kier alpha value is -1.33. The lowest BCUT2D eigenvalue weighted by Crippen LogP contribution is -2.60. The quantitative estimate of drug-likeness (QED) is 0.767. The third-order valence-electron chi connectivity index (χ3n) is 4.64. The molecule has 7 nitrogen and oxygen atoms in total.